The fourth-order valence-corrected chi connectivity index (χ4v) is 4.54. The monoisotopic (exact) mass is 431 g/mol. The molecule has 2 heterocycles. The van der Waals surface area contributed by atoms with Crippen molar-refractivity contribution in [2.75, 3.05) is 12.4 Å². The summed E-state index contributed by atoms with van der Waals surface area (Å²) in [6.07, 6.45) is -2.80. The molecule has 0 aliphatic carbocycles. The van der Waals surface area contributed by atoms with Gasteiger partial charge in [-0.25, -0.2) is 0 Å². The molecule has 1 aliphatic rings. The van der Waals surface area contributed by atoms with Crippen LogP contribution in [0.5, 0.6) is 0 Å². The molecule has 1 amide bonds. The Labute approximate surface area is 165 Å². The Hall–Kier alpha value is -2.44. The highest BCUT2D eigenvalue weighted by Crippen LogP contribution is 2.32. The summed E-state index contributed by atoms with van der Waals surface area (Å²) in [5.74, 6) is -0.719. The Balaban J connectivity index is 1.86. The van der Waals surface area contributed by atoms with Crippen molar-refractivity contribution in [1.82, 2.24) is 18.8 Å². The first-order chi connectivity index (χ1) is 13.4. The number of nitrogens with zero attached hydrogens (tertiary/aromatic N) is 3. The van der Waals surface area contributed by atoms with Crippen LogP contribution in [0.3, 0.4) is 0 Å². The molecular formula is C17H20F3N5O3S. The molecule has 2 atom stereocenters. The van der Waals surface area contributed by atoms with Crippen molar-refractivity contribution < 1.29 is 26.4 Å². The highest BCUT2D eigenvalue weighted by atomic mass is 32.2. The summed E-state index contributed by atoms with van der Waals surface area (Å²) in [7, 11) is -1.05. The minimum atomic E-state index is -4.56. The van der Waals surface area contributed by atoms with E-state index in [2.05, 4.69) is 15.1 Å². The number of alkyl halides is 3. The number of amides is 1. The molecule has 0 radical (unpaired) electrons. The second-order valence-electron chi connectivity index (χ2n) is 6.85. The molecule has 0 saturated carbocycles. The predicted octanol–water partition coefficient (Wildman–Crippen LogP) is 1.97. The van der Waals surface area contributed by atoms with Crippen molar-refractivity contribution >= 4 is 21.8 Å². The molecule has 0 bridgehead atoms. The van der Waals surface area contributed by atoms with Crippen molar-refractivity contribution in [2.24, 2.45) is 7.05 Å². The van der Waals surface area contributed by atoms with Crippen molar-refractivity contribution in [3.63, 3.8) is 0 Å². The van der Waals surface area contributed by atoms with Gasteiger partial charge in [-0.3, -0.25) is 9.48 Å². The normalized spacial score (nSPS) is 22.4. The average molecular weight is 431 g/mol. The topological polar surface area (TPSA) is 96.3 Å². The van der Waals surface area contributed by atoms with Gasteiger partial charge >= 0.3 is 6.18 Å². The summed E-state index contributed by atoms with van der Waals surface area (Å²) in [5, 5.41) is 6.58. The number of halogens is 3. The lowest BCUT2D eigenvalue weighted by molar-refractivity contribution is -0.137. The molecule has 1 saturated heterocycles. The third-order valence-corrected chi connectivity index (χ3v) is 6.35. The lowest BCUT2D eigenvalue weighted by Gasteiger charge is -2.36. The number of carbonyl (C=O) groups excluding carboxylic acids is 1. The van der Waals surface area contributed by atoms with Crippen LogP contribution in [0.1, 0.15) is 29.3 Å². The van der Waals surface area contributed by atoms with Gasteiger partial charge in [0.05, 0.1) is 17.3 Å². The van der Waals surface area contributed by atoms with E-state index in [9.17, 15) is 26.4 Å². The molecule has 158 valence electrons. The first-order valence-electron chi connectivity index (χ1n) is 8.62. The zero-order valence-corrected chi connectivity index (χ0v) is 16.7. The van der Waals surface area contributed by atoms with Crippen LogP contribution in [0.4, 0.5) is 18.9 Å². The molecule has 2 aromatic rings. The summed E-state index contributed by atoms with van der Waals surface area (Å²) in [6.45, 7) is 1.72. The molecule has 1 fully saturated rings. The number of likely N-dealkylation sites (N-methyl/N-ethyl adjacent to an activating group) is 1. The first kappa shape index (κ1) is 21.3. The van der Waals surface area contributed by atoms with Crippen LogP contribution >= 0.6 is 0 Å². The SMILES string of the molecule is Cc1nn(C)cc1[C@H]1C[C@@H](C(=O)Nc2cccc(C(F)(F)F)c2)N(C)S(=O)(=O)N1. The molecule has 12 heteroatoms. The first-order valence-corrected chi connectivity index (χ1v) is 10.1. The zero-order chi connectivity index (χ0) is 21.6. The number of nitrogens with one attached hydrogen (secondary N) is 2. The van der Waals surface area contributed by atoms with Gasteiger partial charge in [-0.2, -0.15) is 35.7 Å². The molecule has 0 unspecified atom stereocenters. The van der Waals surface area contributed by atoms with Crippen LogP contribution < -0.4 is 10.0 Å². The van der Waals surface area contributed by atoms with Crippen molar-refractivity contribution in [3.05, 3.63) is 47.3 Å². The highest BCUT2D eigenvalue weighted by Gasteiger charge is 2.41. The number of benzene rings is 1. The largest absolute Gasteiger partial charge is 0.416 e. The number of aromatic nitrogens is 2. The van der Waals surface area contributed by atoms with Gasteiger partial charge in [0, 0.05) is 31.5 Å². The second kappa shape index (κ2) is 7.43. The number of hydrogen-bond donors (Lipinski definition) is 2. The Morgan fingerprint density at radius 2 is 2.00 bits per heavy atom. The predicted molar refractivity (Wildman–Crippen MR) is 99.0 cm³/mol. The zero-order valence-electron chi connectivity index (χ0n) is 15.9. The standard InChI is InChI=1S/C17H20F3N5O3S/c1-10-13(9-24(2)22-10)14-8-15(25(3)29(27,28)23-14)16(26)21-12-6-4-5-11(7-12)17(18,19)20/h4-7,9,14-15,23H,8H2,1-3H3,(H,21,26)/t14-,15+/m1/s1. The Morgan fingerprint density at radius 3 is 2.59 bits per heavy atom. The van der Waals surface area contributed by atoms with Gasteiger partial charge < -0.3 is 5.32 Å². The maximum absolute atomic E-state index is 12.9. The third kappa shape index (κ3) is 4.43. The quantitative estimate of drug-likeness (QED) is 0.777. The summed E-state index contributed by atoms with van der Waals surface area (Å²) in [5.41, 5.74) is 0.261. The van der Waals surface area contributed by atoms with Gasteiger partial charge in [0.25, 0.3) is 10.2 Å². The van der Waals surface area contributed by atoms with Crippen molar-refractivity contribution in [2.45, 2.75) is 31.6 Å². The van der Waals surface area contributed by atoms with E-state index in [1.807, 2.05) is 0 Å². The summed E-state index contributed by atoms with van der Waals surface area (Å²) < 4.78 is 68.6. The van der Waals surface area contributed by atoms with E-state index in [0.29, 0.717) is 11.3 Å². The van der Waals surface area contributed by atoms with Gasteiger partial charge in [-0.1, -0.05) is 6.07 Å². The van der Waals surface area contributed by atoms with Gasteiger partial charge in [0.2, 0.25) is 5.91 Å². The Kier molecular flexibility index (Phi) is 5.45. The van der Waals surface area contributed by atoms with Crippen LogP contribution in [0.25, 0.3) is 0 Å². The molecule has 8 nitrogen and oxygen atoms in total. The van der Waals surface area contributed by atoms with Crippen molar-refractivity contribution in [1.29, 1.82) is 0 Å². The summed E-state index contributed by atoms with van der Waals surface area (Å²) in [6, 6.07) is 2.37. The van der Waals surface area contributed by atoms with Crippen LogP contribution in [-0.2, 0) is 28.2 Å². The van der Waals surface area contributed by atoms with E-state index >= 15 is 0 Å². The highest BCUT2D eigenvalue weighted by molar-refractivity contribution is 7.87. The molecule has 0 spiro atoms. The Bertz CT molecular complexity index is 1040. The van der Waals surface area contributed by atoms with Crippen LogP contribution in [0.15, 0.2) is 30.5 Å². The smallest absolute Gasteiger partial charge is 0.325 e. The molecule has 3 rings (SSSR count). The average Bonchev–Trinajstić information content (AvgIpc) is 2.95. The van der Waals surface area contributed by atoms with Gasteiger partial charge in [0.15, 0.2) is 0 Å². The van der Waals surface area contributed by atoms with Gasteiger partial charge in [0.1, 0.15) is 6.04 Å². The van der Waals surface area contributed by atoms with Crippen LogP contribution in [0.2, 0.25) is 0 Å². The molecular weight excluding hydrogens is 411 g/mol. The lowest BCUT2D eigenvalue weighted by atomic mass is 10.00. The molecule has 29 heavy (non-hydrogen) atoms. The van der Waals surface area contributed by atoms with E-state index in [1.165, 1.54) is 23.9 Å². The van der Waals surface area contributed by atoms with Gasteiger partial charge in [-0.05, 0) is 31.5 Å². The van der Waals surface area contributed by atoms with Crippen LogP contribution in [-0.4, -0.2) is 41.5 Å². The van der Waals surface area contributed by atoms with Crippen molar-refractivity contribution in [3.8, 4) is 0 Å². The van der Waals surface area contributed by atoms with Gasteiger partial charge in [-0.15, -0.1) is 0 Å². The fraction of sp³-hybridized carbons (Fsp3) is 0.412. The maximum atomic E-state index is 12.9. The van der Waals surface area contributed by atoms with E-state index < -0.39 is 39.9 Å². The minimum Gasteiger partial charge on any atom is -0.325 e. The molecule has 2 N–H and O–H groups in total. The lowest BCUT2D eigenvalue weighted by Crippen LogP contribution is -2.56. The maximum Gasteiger partial charge on any atom is 0.416 e. The summed E-state index contributed by atoms with van der Waals surface area (Å²) in [4.78, 5) is 12.7. The van der Waals surface area contributed by atoms with E-state index in [-0.39, 0.29) is 12.1 Å². The third-order valence-electron chi connectivity index (χ3n) is 4.76. The number of aryl methyl sites for hydroxylation is 2. The number of anilines is 1. The second-order valence-corrected chi connectivity index (χ2v) is 8.62. The van der Waals surface area contributed by atoms with Crippen LogP contribution in [0, 0.1) is 6.92 Å². The van der Waals surface area contributed by atoms with E-state index in [4.69, 9.17) is 0 Å². The fourth-order valence-electron chi connectivity index (χ4n) is 3.27. The number of hydrogen-bond acceptors (Lipinski definition) is 4. The molecule has 1 aliphatic heterocycles. The minimum absolute atomic E-state index is 0.0664. The van der Waals surface area contributed by atoms with E-state index in [0.717, 1.165) is 16.4 Å². The molecule has 1 aromatic heterocycles. The van der Waals surface area contributed by atoms with E-state index in [1.54, 1.807) is 20.2 Å². The Morgan fingerprint density at radius 1 is 1.31 bits per heavy atom. The number of carbonyl (C=O) groups is 1. The molecule has 1 aromatic carbocycles. The number of rotatable bonds is 3. The summed E-state index contributed by atoms with van der Waals surface area (Å²) >= 11 is 0.